The van der Waals surface area contributed by atoms with Crippen LogP contribution in [0.2, 0.25) is 0 Å². The zero-order valence-electron chi connectivity index (χ0n) is 15.1. The molecular formula is C19H23N5O3. The van der Waals surface area contributed by atoms with Crippen LogP contribution in [0.15, 0.2) is 34.7 Å². The van der Waals surface area contributed by atoms with Gasteiger partial charge in [0, 0.05) is 13.1 Å². The van der Waals surface area contributed by atoms with Crippen molar-refractivity contribution in [2.45, 2.75) is 49.8 Å². The van der Waals surface area contributed by atoms with Gasteiger partial charge in [0.05, 0.1) is 11.5 Å². The van der Waals surface area contributed by atoms with Crippen LogP contribution in [0, 0.1) is 0 Å². The average molecular weight is 369 g/mol. The van der Waals surface area contributed by atoms with Gasteiger partial charge in [-0.25, -0.2) is 4.79 Å². The second-order valence-corrected chi connectivity index (χ2v) is 7.70. The summed E-state index contributed by atoms with van der Waals surface area (Å²) in [4.78, 5) is 20.5. The maximum atomic E-state index is 12.9. The van der Waals surface area contributed by atoms with Gasteiger partial charge in [0.15, 0.2) is 0 Å². The molecular weight excluding hydrogens is 346 g/mol. The van der Waals surface area contributed by atoms with Crippen LogP contribution in [0.3, 0.4) is 0 Å². The molecule has 2 atom stereocenters. The summed E-state index contributed by atoms with van der Waals surface area (Å²) in [5.74, 6) is 1.13. The molecule has 2 N–H and O–H groups in total. The second kappa shape index (κ2) is 6.31. The quantitative estimate of drug-likeness (QED) is 0.838. The first-order valence-corrected chi connectivity index (χ1v) is 9.51. The van der Waals surface area contributed by atoms with Crippen LogP contribution in [-0.2, 0) is 16.9 Å². The molecule has 2 saturated heterocycles. The molecule has 1 aromatic heterocycles. The van der Waals surface area contributed by atoms with Crippen molar-refractivity contribution in [2.24, 2.45) is 5.73 Å². The van der Waals surface area contributed by atoms with E-state index in [1.54, 1.807) is 4.90 Å². The van der Waals surface area contributed by atoms with Gasteiger partial charge < -0.3 is 15.1 Å². The normalized spacial score (nSPS) is 25.9. The Hall–Kier alpha value is -2.45. The number of nitrogens with zero attached hydrogens (tertiary/aromatic N) is 4. The summed E-state index contributed by atoms with van der Waals surface area (Å²) < 4.78 is 5.95. The lowest BCUT2D eigenvalue weighted by atomic mass is 10.0. The number of urea groups is 1. The Morgan fingerprint density at radius 3 is 2.78 bits per heavy atom. The number of hydrogen-bond donors (Lipinski definition) is 1. The highest BCUT2D eigenvalue weighted by atomic mass is 16.7. The van der Waals surface area contributed by atoms with E-state index in [0.29, 0.717) is 31.5 Å². The monoisotopic (exact) mass is 369 g/mol. The molecule has 2 bridgehead atoms. The third-order valence-corrected chi connectivity index (χ3v) is 5.96. The SMILES string of the molecule is NCC1(c2nnc([C@@H]3CC[C@@H]4CN3C(=O)N4OCc3ccccc3)o2)CC1. The Morgan fingerprint density at radius 2 is 2.04 bits per heavy atom. The number of carbonyl (C=O) groups excluding carboxylic acids is 1. The van der Waals surface area contributed by atoms with Gasteiger partial charge in [-0.3, -0.25) is 4.84 Å². The van der Waals surface area contributed by atoms with E-state index in [-0.39, 0.29) is 23.5 Å². The van der Waals surface area contributed by atoms with E-state index in [1.165, 1.54) is 5.06 Å². The van der Waals surface area contributed by atoms with E-state index < -0.39 is 0 Å². The molecule has 5 rings (SSSR count). The third kappa shape index (κ3) is 2.80. The lowest BCUT2D eigenvalue weighted by molar-refractivity contribution is -0.140. The number of rotatable bonds is 6. The van der Waals surface area contributed by atoms with Crippen molar-refractivity contribution in [3.8, 4) is 0 Å². The average Bonchev–Trinajstić information content (AvgIpc) is 3.29. The van der Waals surface area contributed by atoms with Gasteiger partial charge in [0.1, 0.15) is 12.6 Å². The topological polar surface area (TPSA) is 97.7 Å². The first-order valence-electron chi connectivity index (χ1n) is 9.51. The third-order valence-electron chi connectivity index (χ3n) is 5.96. The summed E-state index contributed by atoms with van der Waals surface area (Å²) in [7, 11) is 0. The molecule has 1 saturated carbocycles. The minimum Gasteiger partial charge on any atom is -0.422 e. The molecule has 1 aromatic carbocycles. The fraction of sp³-hybridized carbons (Fsp3) is 0.526. The van der Waals surface area contributed by atoms with Crippen molar-refractivity contribution in [3.05, 3.63) is 47.7 Å². The van der Waals surface area contributed by atoms with E-state index in [1.807, 2.05) is 30.3 Å². The highest BCUT2D eigenvalue weighted by Gasteiger charge is 2.50. The Morgan fingerprint density at radius 1 is 1.22 bits per heavy atom. The van der Waals surface area contributed by atoms with Crippen LogP contribution >= 0.6 is 0 Å². The largest absolute Gasteiger partial charge is 0.422 e. The van der Waals surface area contributed by atoms with Crippen LogP contribution in [0.1, 0.15) is 49.1 Å². The molecule has 8 nitrogen and oxygen atoms in total. The molecule has 3 aliphatic rings. The minimum absolute atomic E-state index is 0.0682. The number of benzene rings is 1. The highest BCUT2D eigenvalue weighted by Crippen LogP contribution is 2.47. The summed E-state index contributed by atoms with van der Waals surface area (Å²) in [6, 6.07) is 9.61. The van der Waals surface area contributed by atoms with Gasteiger partial charge in [-0.05, 0) is 31.2 Å². The molecule has 27 heavy (non-hydrogen) atoms. The second-order valence-electron chi connectivity index (χ2n) is 7.70. The lowest BCUT2D eigenvalue weighted by Crippen LogP contribution is -2.34. The van der Waals surface area contributed by atoms with Crippen LogP contribution in [0.4, 0.5) is 4.79 Å². The fourth-order valence-corrected chi connectivity index (χ4v) is 4.01. The molecule has 3 fully saturated rings. The number of nitrogens with two attached hydrogens (primary N) is 1. The smallest absolute Gasteiger partial charge is 0.345 e. The van der Waals surface area contributed by atoms with E-state index in [2.05, 4.69) is 10.2 Å². The Bertz CT molecular complexity index is 835. The Kier molecular flexibility index (Phi) is 3.91. The minimum atomic E-state index is -0.186. The molecule has 0 unspecified atom stereocenters. The number of aromatic nitrogens is 2. The molecule has 3 heterocycles. The van der Waals surface area contributed by atoms with Crippen LogP contribution in [0.25, 0.3) is 0 Å². The zero-order chi connectivity index (χ0) is 18.4. The van der Waals surface area contributed by atoms with Crippen molar-refractivity contribution in [2.75, 3.05) is 13.1 Å². The number of hydrogen-bond acceptors (Lipinski definition) is 6. The first-order chi connectivity index (χ1) is 13.2. The Labute approximate surface area is 157 Å². The molecule has 1 aliphatic carbocycles. The van der Waals surface area contributed by atoms with Gasteiger partial charge in [-0.2, -0.15) is 5.06 Å². The molecule has 8 heteroatoms. The van der Waals surface area contributed by atoms with Crippen molar-refractivity contribution in [1.82, 2.24) is 20.2 Å². The molecule has 2 amide bonds. The summed E-state index contributed by atoms with van der Waals surface area (Å²) in [6.07, 6.45) is 3.61. The van der Waals surface area contributed by atoms with Gasteiger partial charge in [-0.1, -0.05) is 30.3 Å². The van der Waals surface area contributed by atoms with Gasteiger partial charge in [0.2, 0.25) is 11.8 Å². The van der Waals surface area contributed by atoms with Crippen LogP contribution < -0.4 is 5.73 Å². The molecule has 0 spiro atoms. The maximum Gasteiger partial charge on any atom is 0.345 e. The van der Waals surface area contributed by atoms with Gasteiger partial charge >= 0.3 is 6.03 Å². The summed E-state index contributed by atoms with van der Waals surface area (Å²) in [6.45, 7) is 1.52. The van der Waals surface area contributed by atoms with Crippen LogP contribution in [-0.4, -0.2) is 45.3 Å². The number of hydroxylamine groups is 2. The van der Waals surface area contributed by atoms with Gasteiger partial charge in [0.25, 0.3) is 0 Å². The molecule has 2 aliphatic heterocycles. The van der Waals surface area contributed by atoms with E-state index in [4.69, 9.17) is 15.0 Å². The number of fused-ring (bicyclic) bond motifs is 2. The first kappa shape index (κ1) is 16.7. The number of carbonyl (C=O) groups is 1. The highest BCUT2D eigenvalue weighted by molar-refractivity contribution is 5.77. The number of amides is 2. The summed E-state index contributed by atoms with van der Waals surface area (Å²) in [5, 5.41) is 9.98. The van der Waals surface area contributed by atoms with Crippen molar-refractivity contribution >= 4 is 6.03 Å². The zero-order valence-corrected chi connectivity index (χ0v) is 15.1. The van der Waals surface area contributed by atoms with Gasteiger partial charge in [-0.15, -0.1) is 10.2 Å². The van der Waals surface area contributed by atoms with Crippen molar-refractivity contribution in [3.63, 3.8) is 0 Å². The lowest BCUT2D eigenvalue weighted by Gasteiger charge is -2.27. The van der Waals surface area contributed by atoms with E-state index in [9.17, 15) is 4.79 Å². The maximum absolute atomic E-state index is 12.9. The van der Waals surface area contributed by atoms with E-state index in [0.717, 1.165) is 31.2 Å². The van der Waals surface area contributed by atoms with E-state index >= 15 is 0 Å². The summed E-state index contributed by atoms with van der Waals surface area (Å²) >= 11 is 0. The van der Waals surface area contributed by atoms with Crippen molar-refractivity contribution in [1.29, 1.82) is 0 Å². The van der Waals surface area contributed by atoms with Crippen molar-refractivity contribution < 1.29 is 14.0 Å². The standard InChI is InChI=1S/C19H23N5O3/c20-12-19(8-9-19)17-22-21-16(27-17)15-7-6-14-10-23(15)18(25)24(14)26-11-13-4-2-1-3-5-13/h1-5,14-15H,6-12,20H2/t14-,15+/m1/s1. The summed E-state index contributed by atoms with van der Waals surface area (Å²) in [5.41, 5.74) is 6.76. The Balaban J connectivity index is 1.29. The fourth-order valence-electron chi connectivity index (χ4n) is 4.01. The predicted octanol–water partition coefficient (Wildman–Crippen LogP) is 2.13. The van der Waals surface area contributed by atoms with Crippen LogP contribution in [0.5, 0.6) is 0 Å². The molecule has 142 valence electrons. The predicted molar refractivity (Wildman–Crippen MR) is 95.2 cm³/mol. The molecule has 2 aromatic rings. The molecule has 0 radical (unpaired) electrons. The number of piperidine rings is 1.